The molecule has 1 heterocycles. The smallest absolute Gasteiger partial charge is 0.235 e. The minimum Gasteiger partial charge on any atom is -0.235 e. The Kier molecular flexibility index (Phi) is 4.12. The van der Waals surface area contributed by atoms with Crippen LogP contribution in [-0.2, 0) is 6.18 Å². The van der Waals surface area contributed by atoms with Gasteiger partial charge in [0.05, 0.1) is 21.4 Å². The third kappa shape index (κ3) is 3.17. The van der Waals surface area contributed by atoms with Crippen molar-refractivity contribution in [3.63, 3.8) is 0 Å². The van der Waals surface area contributed by atoms with Gasteiger partial charge in [0.15, 0.2) is 0 Å². The summed E-state index contributed by atoms with van der Waals surface area (Å²) in [4.78, 5) is 4.21. The maximum atomic E-state index is 12.8. The van der Waals surface area contributed by atoms with Gasteiger partial charge in [-0.2, -0.15) is 18.4 Å². The fourth-order valence-corrected chi connectivity index (χ4v) is 3.18. The van der Waals surface area contributed by atoms with Crippen LogP contribution in [0.4, 0.5) is 13.2 Å². The van der Waals surface area contributed by atoms with Crippen LogP contribution < -0.4 is 0 Å². The van der Waals surface area contributed by atoms with Gasteiger partial charge in [0.2, 0.25) is 0 Å². The van der Waals surface area contributed by atoms with Gasteiger partial charge in [0.1, 0.15) is 11.1 Å². The average molecular weight is 344 g/mol. The molecule has 6 heteroatoms. The molecule has 0 spiro atoms. The minimum absolute atomic E-state index is 0.246. The molecule has 2 nitrogen and oxygen atoms in total. The second-order valence-corrected chi connectivity index (χ2v) is 6.26. The third-order valence-electron chi connectivity index (χ3n) is 3.55. The zero-order valence-corrected chi connectivity index (χ0v) is 13.4. The fraction of sp³-hybridized carbons (Fsp3) is 0.111. The highest BCUT2D eigenvalue weighted by molar-refractivity contribution is 7.19. The number of rotatable bonds is 2. The molecule has 3 rings (SSSR count). The van der Waals surface area contributed by atoms with E-state index >= 15 is 0 Å². The van der Waals surface area contributed by atoms with Crippen molar-refractivity contribution in [2.24, 2.45) is 0 Å². The van der Waals surface area contributed by atoms with E-state index in [0.717, 1.165) is 23.3 Å². The fourth-order valence-electron chi connectivity index (χ4n) is 2.27. The van der Waals surface area contributed by atoms with Crippen molar-refractivity contribution in [2.75, 3.05) is 0 Å². The predicted octanol–water partition coefficient (Wildman–Crippen LogP) is 5.69. The van der Waals surface area contributed by atoms with E-state index in [0.29, 0.717) is 15.3 Å². The second kappa shape index (κ2) is 6.10. The number of benzene rings is 2. The Bertz CT molecular complexity index is 978. The van der Waals surface area contributed by atoms with Crippen LogP contribution in [0.15, 0.2) is 42.5 Å². The topological polar surface area (TPSA) is 36.7 Å². The summed E-state index contributed by atoms with van der Waals surface area (Å²) in [6.07, 6.45) is -2.70. The number of halogens is 3. The quantitative estimate of drug-likeness (QED) is 0.560. The molecule has 0 radical (unpaired) electrons. The molecule has 0 bridgehead atoms. The third-order valence-corrected chi connectivity index (χ3v) is 4.62. The molecule has 0 aliphatic rings. The van der Waals surface area contributed by atoms with Gasteiger partial charge in [-0.3, -0.25) is 0 Å². The largest absolute Gasteiger partial charge is 0.416 e. The van der Waals surface area contributed by atoms with Crippen LogP contribution in [0.1, 0.15) is 21.7 Å². The first-order chi connectivity index (χ1) is 11.4. The Hall–Kier alpha value is -2.65. The van der Waals surface area contributed by atoms with Gasteiger partial charge in [-0.25, -0.2) is 4.98 Å². The van der Waals surface area contributed by atoms with E-state index in [-0.39, 0.29) is 5.52 Å². The van der Waals surface area contributed by atoms with Crippen molar-refractivity contribution >= 4 is 33.2 Å². The molecule has 0 aliphatic heterocycles. The zero-order valence-electron chi connectivity index (χ0n) is 12.6. The lowest BCUT2D eigenvalue weighted by Crippen LogP contribution is -2.03. The van der Waals surface area contributed by atoms with E-state index in [1.54, 1.807) is 6.08 Å². The average Bonchev–Trinajstić information content (AvgIpc) is 2.96. The molecule has 3 aromatic rings. The lowest BCUT2D eigenvalue weighted by atomic mass is 10.1. The predicted molar refractivity (Wildman–Crippen MR) is 89.3 cm³/mol. The number of aromatic nitrogens is 1. The van der Waals surface area contributed by atoms with Gasteiger partial charge in [-0.15, -0.1) is 11.3 Å². The standard InChI is InChI=1S/C18H11F3N2S/c1-11-4-2-3-5-12(11)8-13(10-22)17-23-15-9-14(18(19,20)21)6-7-16(15)24-17/h2-9H,1H3/b13-8+. The highest BCUT2D eigenvalue weighted by Gasteiger charge is 2.30. The summed E-state index contributed by atoms with van der Waals surface area (Å²) < 4.78 is 39.0. The lowest BCUT2D eigenvalue weighted by molar-refractivity contribution is -0.137. The maximum Gasteiger partial charge on any atom is 0.416 e. The molecule has 0 saturated heterocycles. The summed E-state index contributed by atoms with van der Waals surface area (Å²) in [5.74, 6) is 0. The van der Waals surface area contributed by atoms with E-state index in [1.807, 2.05) is 31.2 Å². The van der Waals surface area contributed by atoms with Crippen molar-refractivity contribution in [3.8, 4) is 6.07 Å². The molecule has 120 valence electrons. The molecule has 0 aliphatic carbocycles. The van der Waals surface area contributed by atoms with Crippen LogP contribution in [0.25, 0.3) is 21.9 Å². The number of hydrogen-bond acceptors (Lipinski definition) is 3. The SMILES string of the molecule is Cc1ccccc1/C=C(\C#N)c1nc2cc(C(F)(F)F)ccc2s1. The van der Waals surface area contributed by atoms with Crippen molar-refractivity contribution in [1.82, 2.24) is 4.98 Å². The summed E-state index contributed by atoms with van der Waals surface area (Å²) >= 11 is 1.21. The summed E-state index contributed by atoms with van der Waals surface area (Å²) in [7, 11) is 0. The number of fused-ring (bicyclic) bond motifs is 1. The highest BCUT2D eigenvalue weighted by Crippen LogP contribution is 2.34. The second-order valence-electron chi connectivity index (χ2n) is 5.23. The molecule has 0 fully saturated rings. The Labute approximate surface area is 140 Å². The molecule has 0 N–H and O–H groups in total. The van der Waals surface area contributed by atoms with Crippen molar-refractivity contribution < 1.29 is 13.2 Å². The van der Waals surface area contributed by atoms with Crippen molar-refractivity contribution in [3.05, 3.63) is 64.2 Å². The van der Waals surface area contributed by atoms with Gasteiger partial charge in [-0.1, -0.05) is 24.3 Å². The summed E-state index contributed by atoms with van der Waals surface area (Å²) in [6, 6.07) is 13.1. The number of hydrogen-bond donors (Lipinski definition) is 0. The normalized spacial score (nSPS) is 12.4. The van der Waals surface area contributed by atoms with E-state index < -0.39 is 11.7 Å². The maximum absolute atomic E-state index is 12.8. The zero-order chi connectivity index (χ0) is 17.3. The molecule has 2 aromatic carbocycles. The lowest BCUT2D eigenvalue weighted by Gasteiger charge is -2.04. The number of nitrogens with zero attached hydrogens (tertiary/aromatic N) is 2. The van der Waals surface area contributed by atoms with Crippen LogP contribution in [0.3, 0.4) is 0 Å². The van der Waals surface area contributed by atoms with Crippen molar-refractivity contribution in [2.45, 2.75) is 13.1 Å². The van der Waals surface area contributed by atoms with Crippen LogP contribution in [0, 0.1) is 18.3 Å². The van der Waals surface area contributed by atoms with Gasteiger partial charge in [-0.05, 0) is 42.3 Å². The summed E-state index contributed by atoms with van der Waals surface area (Å²) in [6.45, 7) is 1.93. The monoisotopic (exact) mass is 344 g/mol. The van der Waals surface area contributed by atoms with Crippen LogP contribution in [0.2, 0.25) is 0 Å². The van der Waals surface area contributed by atoms with E-state index in [2.05, 4.69) is 11.1 Å². The van der Waals surface area contributed by atoms with Crippen molar-refractivity contribution in [1.29, 1.82) is 5.26 Å². The first kappa shape index (κ1) is 16.2. The Morgan fingerprint density at radius 3 is 2.62 bits per heavy atom. The van der Waals surface area contributed by atoms with Crippen LogP contribution in [0.5, 0.6) is 0 Å². The molecule has 0 saturated carbocycles. The van der Waals surface area contributed by atoms with Crippen LogP contribution in [-0.4, -0.2) is 4.98 Å². The van der Waals surface area contributed by atoms with Gasteiger partial charge in [0, 0.05) is 0 Å². The molecular weight excluding hydrogens is 333 g/mol. The number of thiazole rings is 1. The Morgan fingerprint density at radius 2 is 1.96 bits per heavy atom. The first-order valence-corrected chi connectivity index (χ1v) is 7.86. The number of allylic oxidation sites excluding steroid dienone is 1. The van der Waals surface area contributed by atoms with Gasteiger partial charge in [0.25, 0.3) is 0 Å². The Balaban J connectivity index is 2.08. The van der Waals surface area contributed by atoms with Crippen LogP contribution >= 0.6 is 11.3 Å². The van der Waals surface area contributed by atoms with E-state index in [9.17, 15) is 18.4 Å². The number of aryl methyl sites for hydroxylation is 1. The van der Waals surface area contributed by atoms with E-state index in [4.69, 9.17) is 0 Å². The molecule has 0 unspecified atom stereocenters. The van der Waals surface area contributed by atoms with Gasteiger partial charge >= 0.3 is 6.18 Å². The molecular formula is C18H11F3N2S. The molecule has 1 aromatic heterocycles. The summed E-state index contributed by atoms with van der Waals surface area (Å²) in [5, 5.41) is 9.82. The molecule has 24 heavy (non-hydrogen) atoms. The van der Waals surface area contributed by atoms with E-state index in [1.165, 1.54) is 17.4 Å². The summed E-state index contributed by atoms with van der Waals surface area (Å²) in [5.41, 5.74) is 1.72. The highest BCUT2D eigenvalue weighted by atomic mass is 32.1. The molecule has 0 amide bonds. The first-order valence-electron chi connectivity index (χ1n) is 7.04. The number of alkyl halides is 3. The molecule has 0 atom stereocenters. The van der Waals surface area contributed by atoms with Gasteiger partial charge < -0.3 is 0 Å². The number of nitriles is 1. The minimum atomic E-state index is -4.41. The Morgan fingerprint density at radius 1 is 1.21 bits per heavy atom.